The van der Waals surface area contributed by atoms with E-state index in [0.29, 0.717) is 36.2 Å². The van der Waals surface area contributed by atoms with Crippen LogP contribution in [0.4, 0.5) is 4.79 Å². The number of ketones is 1. The predicted molar refractivity (Wildman–Crippen MR) is 105 cm³/mol. The molecule has 1 aliphatic heterocycles. The lowest BCUT2D eigenvalue weighted by molar-refractivity contribution is -0.122. The van der Waals surface area contributed by atoms with E-state index in [1.165, 1.54) is 0 Å². The monoisotopic (exact) mass is 423 g/mol. The van der Waals surface area contributed by atoms with Crippen LogP contribution >= 0.6 is 35.0 Å². The van der Waals surface area contributed by atoms with Crippen LogP contribution in [0.2, 0.25) is 0 Å². The zero-order valence-corrected chi connectivity index (χ0v) is 16.5. The number of halogens is 2. The number of nitrogens with zero attached hydrogens (tertiary/aromatic N) is 2. The molecule has 0 unspecified atom stereocenters. The third-order valence-electron chi connectivity index (χ3n) is 4.82. The summed E-state index contributed by atoms with van der Waals surface area (Å²) >= 11 is 13.2. The van der Waals surface area contributed by atoms with E-state index in [4.69, 9.17) is 23.2 Å². The van der Waals surface area contributed by atoms with E-state index >= 15 is 0 Å². The van der Waals surface area contributed by atoms with Gasteiger partial charge in [0, 0.05) is 10.9 Å². The van der Waals surface area contributed by atoms with E-state index in [9.17, 15) is 14.4 Å². The molecular weight excluding hydrogens is 409 g/mol. The number of allylic oxidation sites excluding steroid dienone is 1. The Morgan fingerprint density at radius 3 is 2.74 bits per heavy atom. The number of hydrogen-bond donors (Lipinski definition) is 1. The molecule has 1 saturated carbocycles. The molecule has 0 bridgehead atoms. The molecule has 0 radical (unpaired) electrons. The molecule has 2 heterocycles. The highest BCUT2D eigenvalue weighted by atomic mass is 35.5. The van der Waals surface area contributed by atoms with Gasteiger partial charge in [-0.1, -0.05) is 17.7 Å². The summed E-state index contributed by atoms with van der Waals surface area (Å²) in [7, 11) is 0. The summed E-state index contributed by atoms with van der Waals surface area (Å²) < 4.78 is -0.776. The molecule has 1 aromatic heterocycles. The molecule has 140 valence electrons. The average molecular weight is 424 g/mol. The van der Waals surface area contributed by atoms with E-state index in [-0.39, 0.29) is 12.3 Å². The molecule has 6 nitrogen and oxygen atoms in total. The largest absolute Gasteiger partial charge is 0.293 e. The van der Waals surface area contributed by atoms with Crippen LogP contribution in [0.3, 0.4) is 0 Å². The molecule has 1 saturated heterocycles. The van der Waals surface area contributed by atoms with Crippen LogP contribution < -0.4 is 0 Å². The Kier molecular flexibility index (Phi) is 4.78. The molecular formula is C18H15Cl2N3O3S. The number of rotatable bonds is 3. The van der Waals surface area contributed by atoms with Crippen LogP contribution in [0.15, 0.2) is 34.9 Å². The first-order valence-electron chi connectivity index (χ1n) is 8.44. The molecule has 0 spiro atoms. The topological polar surface area (TPSA) is 83.1 Å². The number of fused-ring (bicyclic) bond motifs is 1. The molecule has 2 amide bonds. The van der Waals surface area contributed by atoms with Crippen LogP contribution in [0.5, 0.6) is 0 Å². The zero-order valence-electron chi connectivity index (χ0n) is 14.1. The Balaban J connectivity index is 1.51. The number of carbonyl (C=O) groups excluding carboxylic acids is 3. The Hall–Kier alpha value is -1.83. The molecule has 1 aliphatic carbocycles. The molecule has 9 heteroatoms. The smallest absolute Gasteiger partial charge is 0.292 e. The standard InChI is InChI=1S/C18H15Cl2N3O3S/c19-18(20)5-3-10(4-6-18)15-16(25)23(17(26)27-15)9-14(24)11-1-2-12-8-21-22-13(12)7-11/h1-2,7-8H,3-6,9H2,(H,21,22). The van der Waals surface area contributed by atoms with Crippen molar-refractivity contribution in [1.29, 1.82) is 0 Å². The number of alkyl halides is 2. The fourth-order valence-corrected chi connectivity index (χ4v) is 4.60. The highest BCUT2D eigenvalue weighted by Crippen LogP contribution is 2.44. The van der Waals surface area contributed by atoms with Crippen LogP contribution in [0, 0.1) is 0 Å². The summed E-state index contributed by atoms with van der Waals surface area (Å²) in [5.41, 5.74) is 2.04. The number of H-pyrrole nitrogens is 1. The van der Waals surface area contributed by atoms with Crippen LogP contribution in [-0.2, 0) is 4.79 Å². The van der Waals surface area contributed by atoms with Crippen molar-refractivity contribution in [1.82, 2.24) is 15.1 Å². The molecule has 1 aromatic carbocycles. The number of benzene rings is 1. The van der Waals surface area contributed by atoms with Crippen LogP contribution in [0.1, 0.15) is 36.0 Å². The van der Waals surface area contributed by atoms with E-state index in [2.05, 4.69) is 10.2 Å². The summed E-state index contributed by atoms with van der Waals surface area (Å²) in [6.07, 6.45) is 3.90. The maximum atomic E-state index is 12.7. The minimum atomic E-state index is -0.776. The lowest BCUT2D eigenvalue weighted by atomic mass is 9.93. The highest BCUT2D eigenvalue weighted by Gasteiger charge is 2.40. The molecule has 2 fully saturated rings. The molecule has 1 N–H and O–H groups in total. The van der Waals surface area contributed by atoms with E-state index in [0.717, 1.165) is 33.1 Å². The quantitative estimate of drug-likeness (QED) is 0.448. The predicted octanol–water partition coefficient (Wildman–Crippen LogP) is 4.44. The summed E-state index contributed by atoms with van der Waals surface area (Å²) in [6.45, 7) is -0.282. The van der Waals surface area contributed by atoms with Crippen molar-refractivity contribution in [2.75, 3.05) is 6.54 Å². The summed E-state index contributed by atoms with van der Waals surface area (Å²) in [6, 6.07) is 5.11. The van der Waals surface area contributed by atoms with Crippen LogP contribution in [0.25, 0.3) is 10.9 Å². The molecule has 0 atom stereocenters. The third kappa shape index (κ3) is 3.63. The minimum absolute atomic E-state index is 0.282. The van der Waals surface area contributed by atoms with Crippen molar-refractivity contribution in [3.05, 3.63) is 40.4 Å². The fourth-order valence-electron chi connectivity index (χ4n) is 3.24. The van der Waals surface area contributed by atoms with Gasteiger partial charge in [0.1, 0.15) is 4.33 Å². The number of carbonyl (C=O) groups is 3. The van der Waals surface area contributed by atoms with E-state index in [1.54, 1.807) is 24.4 Å². The summed E-state index contributed by atoms with van der Waals surface area (Å²) in [5, 5.41) is 7.18. The second-order valence-corrected chi connectivity index (χ2v) is 9.25. The molecule has 4 rings (SSSR count). The van der Waals surface area contributed by atoms with Gasteiger partial charge >= 0.3 is 0 Å². The number of imide groups is 1. The van der Waals surface area contributed by atoms with Gasteiger partial charge in [0.05, 0.1) is 23.2 Å². The second-order valence-electron chi connectivity index (χ2n) is 6.64. The van der Waals surface area contributed by atoms with Crippen molar-refractivity contribution >= 4 is 62.8 Å². The lowest BCUT2D eigenvalue weighted by Crippen LogP contribution is -2.34. The Labute approximate surface area is 169 Å². The maximum Gasteiger partial charge on any atom is 0.293 e. The van der Waals surface area contributed by atoms with Crippen molar-refractivity contribution in [2.24, 2.45) is 0 Å². The normalized spacial score (nSPS) is 20.0. The summed E-state index contributed by atoms with van der Waals surface area (Å²) in [4.78, 5) is 39.0. The Morgan fingerprint density at radius 1 is 1.26 bits per heavy atom. The van der Waals surface area contributed by atoms with Gasteiger partial charge in [0.15, 0.2) is 5.78 Å². The SMILES string of the molecule is O=C(CN1C(=O)SC(=C2CCC(Cl)(Cl)CC2)C1=O)c1ccc2cn[nH]c2c1. The van der Waals surface area contributed by atoms with Crippen molar-refractivity contribution in [2.45, 2.75) is 30.0 Å². The van der Waals surface area contributed by atoms with Gasteiger partial charge in [0.2, 0.25) is 0 Å². The van der Waals surface area contributed by atoms with Crippen molar-refractivity contribution in [3.8, 4) is 0 Å². The van der Waals surface area contributed by atoms with Crippen molar-refractivity contribution in [3.63, 3.8) is 0 Å². The van der Waals surface area contributed by atoms with Gasteiger partial charge < -0.3 is 0 Å². The third-order valence-corrected chi connectivity index (χ3v) is 6.64. The van der Waals surface area contributed by atoms with E-state index < -0.39 is 15.5 Å². The highest BCUT2D eigenvalue weighted by molar-refractivity contribution is 8.18. The van der Waals surface area contributed by atoms with Gasteiger partial charge in [-0.2, -0.15) is 5.10 Å². The average Bonchev–Trinajstić information content (AvgIpc) is 3.21. The fraction of sp³-hybridized carbons (Fsp3) is 0.333. The number of hydrogen-bond acceptors (Lipinski definition) is 5. The number of aromatic amines is 1. The van der Waals surface area contributed by atoms with Crippen molar-refractivity contribution < 1.29 is 14.4 Å². The summed E-state index contributed by atoms with van der Waals surface area (Å²) in [5.74, 6) is -0.711. The minimum Gasteiger partial charge on any atom is -0.292 e. The first-order valence-corrected chi connectivity index (χ1v) is 10.0. The second kappa shape index (κ2) is 6.96. The lowest BCUT2D eigenvalue weighted by Gasteiger charge is -2.26. The molecule has 2 aliphatic rings. The van der Waals surface area contributed by atoms with E-state index in [1.807, 2.05) is 0 Å². The van der Waals surface area contributed by atoms with Gasteiger partial charge in [-0.25, -0.2) is 0 Å². The van der Waals surface area contributed by atoms with Gasteiger partial charge in [0.25, 0.3) is 11.1 Å². The maximum absolute atomic E-state index is 12.7. The number of thioether (sulfide) groups is 1. The van der Waals surface area contributed by atoms with Gasteiger partial charge in [-0.3, -0.25) is 24.4 Å². The van der Waals surface area contributed by atoms with Crippen LogP contribution in [-0.4, -0.2) is 42.9 Å². The number of nitrogens with one attached hydrogen (secondary N) is 1. The Morgan fingerprint density at radius 2 is 2.00 bits per heavy atom. The first-order chi connectivity index (χ1) is 12.8. The van der Waals surface area contributed by atoms with Gasteiger partial charge in [-0.15, -0.1) is 23.2 Å². The number of amides is 2. The molecule has 27 heavy (non-hydrogen) atoms. The first kappa shape index (κ1) is 18.5. The number of Topliss-reactive ketones (excluding diaryl/α,β-unsaturated/α-hetero) is 1. The van der Waals surface area contributed by atoms with Gasteiger partial charge in [-0.05, 0) is 43.5 Å². The zero-order chi connectivity index (χ0) is 19.2. The number of aromatic nitrogens is 2. The molecule has 2 aromatic rings. The Bertz CT molecular complexity index is 987.